The second-order valence-electron chi connectivity index (χ2n) is 10.3. The summed E-state index contributed by atoms with van der Waals surface area (Å²) in [6.07, 6.45) is 19.9. The Kier molecular flexibility index (Phi) is 15.7. The molecule has 35 heavy (non-hydrogen) atoms. The summed E-state index contributed by atoms with van der Waals surface area (Å²) in [5.74, 6) is -0.577. The quantitative estimate of drug-likeness (QED) is 0.136. The van der Waals surface area contributed by atoms with Gasteiger partial charge in [0.15, 0.2) is 17.7 Å². The molecule has 1 unspecified atom stereocenters. The summed E-state index contributed by atoms with van der Waals surface area (Å²) in [6, 6.07) is 3.38. The summed E-state index contributed by atoms with van der Waals surface area (Å²) < 4.78 is 51.0. The maximum absolute atomic E-state index is 14.8. The van der Waals surface area contributed by atoms with Crippen molar-refractivity contribution in [2.24, 2.45) is 5.92 Å². The van der Waals surface area contributed by atoms with Crippen molar-refractivity contribution < 1.29 is 22.6 Å². The molecule has 0 amide bonds. The van der Waals surface area contributed by atoms with Gasteiger partial charge in [0.2, 0.25) is 5.82 Å². The Bertz CT molecular complexity index is 720. The molecule has 1 aromatic rings. The van der Waals surface area contributed by atoms with Gasteiger partial charge in [-0.25, -0.2) is 4.39 Å². The van der Waals surface area contributed by atoms with E-state index < -0.39 is 19.7 Å². The number of hydrogen-bond donors (Lipinski definition) is 0. The van der Waals surface area contributed by atoms with Crippen molar-refractivity contribution >= 4 is 8.03 Å². The van der Waals surface area contributed by atoms with Crippen LogP contribution in [0.2, 0.25) is 0 Å². The lowest BCUT2D eigenvalue weighted by atomic mass is 9.77. The Morgan fingerprint density at radius 3 is 2.09 bits per heavy atom. The highest BCUT2D eigenvalue weighted by Crippen LogP contribution is 2.40. The van der Waals surface area contributed by atoms with Gasteiger partial charge in [-0.05, 0) is 73.0 Å². The van der Waals surface area contributed by atoms with E-state index in [1.165, 1.54) is 58.5 Å². The fourth-order valence-corrected chi connectivity index (χ4v) is 5.94. The minimum absolute atomic E-state index is 0.0507. The van der Waals surface area contributed by atoms with Gasteiger partial charge in [-0.2, -0.15) is 4.39 Å². The van der Waals surface area contributed by atoms with Crippen LogP contribution in [-0.4, -0.2) is 19.9 Å². The molecule has 6 heteroatoms. The summed E-state index contributed by atoms with van der Waals surface area (Å²) in [5.41, 5.74) is 0.536. The summed E-state index contributed by atoms with van der Waals surface area (Å²) in [6.45, 7) is 2.65. The molecule has 1 aliphatic rings. The third-order valence-corrected chi connectivity index (χ3v) is 8.61. The topological polar surface area (TPSA) is 35.5 Å². The molecule has 1 aromatic carbocycles. The van der Waals surface area contributed by atoms with Crippen molar-refractivity contribution in [1.82, 2.24) is 0 Å². The van der Waals surface area contributed by atoms with Gasteiger partial charge in [0.05, 0.1) is 13.7 Å². The van der Waals surface area contributed by atoms with Crippen LogP contribution in [0, 0.1) is 17.6 Å². The molecule has 0 heterocycles. The van der Waals surface area contributed by atoms with Crippen molar-refractivity contribution in [1.29, 1.82) is 0 Å². The molecule has 0 spiro atoms. The Labute approximate surface area is 213 Å². The zero-order valence-electron chi connectivity index (χ0n) is 22.2. The first-order chi connectivity index (χ1) is 17.1. The van der Waals surface area contributed by atoms with Crippen LogP contribution in [0.25, 0.3) is 0 Å². The first kappa shape index (κ1) is 30.2. The number of ether oxygens (including phenoxy) is 1. The molecule has 1 fully saturated rings. The van der Waals surface area contributed by atoms with E-state index in [0.29, 0.717) is 18.3 Å². The molecule has 200 valence electrons. The molecule has 0 radical (unpaired) electrons. The molecular weight excluding hydrogens is 465 g/mol. The molecule has 1 atom stereocenters. The Morgan fingerprint density at radius 1 is 0.829 bits per heavy atom. The average Bonchev–Trinajstić information content (AvgIpc) is 2.87. The van der Waals surface area contributed by atoms with Gasteiger partial charge in [0, 0.05) is 0 Å². The lowest BCUT2D eigenvalue weighted by Gasteiger charge is -2.29. The molecule has 3 nitrogen and oxygen atoms in total. The molecular formula is C29H48F2O3P+. The monoisotopic (exact) mass is 513 g/mol. The highest BCUT2D eigenvalue weighted by molar-refractivity contribution is 7.39. The van der Waals surface area contributed by atoms with Gasteiger partial charge >= 0.3 is 8.03 Å². The van der Waals surface area contributed by atoms with Crippen molar-refractivity contribution in [2.75, 3.05) is 19.9 Å². The van der Waals surface area contributed by atoms with Crippen molar-refractivity contribution in [3.63, 3.8) is 0 Å². The van der Waals surface area contributed by atoms with Crippen molar-refractivity contribution in [3.05, 3.63) is 29.3 Å². The normalized spacial score (nSPS) is 18.6. The van der Waals surface area contributed by atoms with Gasteiger partial charge in [-0.15, -0.1) is 4.52 Å². The van der Waals surface area contributed by atoms with Crippen molar-refractivity contribution in [3.8, 4) is 5.75 Å². The molecule has 0 saturated heterocycles. The zero-order chi connectivity index (χ0) is 25.3. The Hall–Kier alpha value is -1.06. The van der Waals surface area contributed by atoms with Crippen LogP contribution in [0.15, 0.2) is 12.1 Å². The minimum atomic E-state index is -1.45. The standard InChI is InChI=1S/C29H48F2O3P/c1-3-4-12-15-24-16-18-25(19-17-24)26-20-21-27(29(31)28(26)30)34-22-13-10-8-6-5-7-9-11-14-23-35(32)33-2/h20-21,24-25H,3-19,22-23H2,1-2H3/q+1. The van der Waals surface area contributed by atoms with Gasteiger partial charge in [0.1, 0.15) is 0 Å². The number of unbranched alkanes of at least 4 members (excludes halogenated alkanes) is 10. The fourth-order valence-electron chi connectivity index (χ4n) is 5.27. The molecule has 0 aliphatic heterocycles. The number of benzene rings is 1. The molecule has 0 bridgehead atoms. The first-order valence-corrected chi connectivity index (χ1v) is 15.5. The number of hydrogen-bond acceptors (Lipinski definition) is 3. The van der Waals surface area contributed by atoms with E-state index >= 15 is 0 Å². The second-order valence-corrected chi connectivity index (χ2v) is 11.7. The van der Waals surface area contributed by atoms with Crippen molar-refractivity contribution in [2.45, 2.75) is 122 Å². The van der Waals surface area contributed by atoms with E-state index in [1.807, 2.05) is 0 Å². The lowest BCUT2D eigenvalue weighted by Crippen LogP contribution is -2.15. The Balaban J connectivity index is 1.57. The minimum Gasteiger partial charge on any atom is -0.490 e. The van der Waals surface area contributed by atoms with Gasteiger partial charge in [-0.3, -0.25) is 0 Å². The summed E-state index contributed by atoms with van der Waals surface area (Å²) >= 11 is 0. The lowest BCUT2D eigenvalue weighted by molar-refractivity contribution is 0.279. The second kappa shape index (κ2) is 18.2. The zero-order valence-corrected chi connectivity index (χ0v) is 23.1. The molecule has 1 aliphatic carbocycles. The molecule has 0 N–H and O–H groups in total. The van der Waals surface area contributed by atoms with E-state index in [9.17, 15) is 13.3 Å². The smallest absolute Gasteiger partial charge is 0.490 e. The maximum Gasteiger partial charge on any atom is 0.507 e. The van der Waals surface area contributed by atoms with Crippen LogP contribution >= 0.6 is 8.03 Å². The first-order valence-electron chi connectivity index (χ1n) is 14.2. The predicted octanol–water partition coefficient (Wildman–Crippen LogP) is 10.1. The SMILES string of the molecule is CCCCCC1CCC(c2ccc(OCCCCCCCCCCC[P+](=O)OC)c(F)c2F)CC1. The molecule has 0 aromatic heterocycles. The fraction of sp³-hybridized carbons (Fsp3) is 0.793. The van der Waals surface area contributed by atoms with E-state index in [-0.39, 0.29) is 11.7 Å². The summed E-state index contributed by atoms with van der Waals surface area (Å²) in [4.78, 5) is 0. The highest BCUT2D eigenvalue weighted by Gasteiger charge is 2.26. The van der Waals surface area contributed by atoms with Gasteiger partial charge in [-0.1, -0.05) is 77.2 Å². The van der Waals surface area contributed by atoms with E-state index in [4.69, 9.17) is 9.26 Å². The van der Waals surface area contributed by atoms with Crippen LogP contribution in [0.4, 0.5) is 8.78 Å². The third-order valence-electron chi connectivity index (χ3n) is 7.53. The maximum atomic E-state index is 14.8. The van der Waals surface area contributed by atoms with Crippen LogP contribution < -0.4 is 4.74 Å². The number of halogens is 2. The largest absolute Gasteiger partial charge is 0.507 e. The van der Waals surface area contributed by atoms with Crippen LogP contribution in [0.1, 0.15) is 128 Å². The Morgan fingerprint density at radius 2 is 1.46 bits per heavy atom. The van der Waals surface area contributed by atoms with E-state index in [2.05, 4.69) is 6.92 Å². The van der Waals surface area contributed by atoms with E-state index in [1.54, 1.807) is 12.1 Å². The van der Waals surface area contributed by atoms with E-state index in [0.717, 1.165) is 63.7 Å². The molecule has 2 rings (SSSR count). The van der Waals surface area contributed by atoms with Crippen LogP contribution in [-0.2, 0) is 9.09 Å². The third kappa shape index (κ3) is 11.7. The molecule has 1 saturated carbocycles. The van der Waals surface area contributed by atoms with Crippen LogP contribution in [0.5, 0.6) is 5.75 Å². The summed E-state index contributed by atoms with van der Waals surface area (Å²) in [5, 5.41) is 0. The summed E-state index contributed by atoms with van der Waals surface area (Å²) in [7, 11) is 0.0449. The van der Waals surface area contributed by atoms with Gasteiger partial charge in [0.25, 0.3) is 0 Å². The van der Waals surface area contributed by atoms with Gasteiger partial charge < -0.3 is 4.74 Å². The number of rotatable bonds is 19. The average molecular weight is 514 g/mol. The predicted molar refractivity (Wildman–Crippen MR) is 142 cm³/mol. The van der Waals surface area contributed by atoms with Crippen LogP contribution in [0.3, 0.4) is 0 Å². The highest BCUT2D eigenvalue weighted by atomic mass is 31.1.